The number of carboxylic acids is 1. The number of para-hydroxylation sites is 1. The normalized spacial score (nSPS) is 9.95. The van der Waals surface area contributed by atoms with Crippen LogP contribution in [0.5, 0.6) is 5.75 Å². The summed E-state index contributed by atoms with van der Waals surface area (Å²) in [6, 6.07) is 11.4. The molecule has 6 heteroatoms. The average Bonchev–Trinajstić information content (AvgIpc) is 2.45. The van der Waals surface area contributed by atoms with Gasteiger partial charge in [0.2, 0.25) is 0 Å². The Hall–Kier alpha value is -2.89. The molecule has 0 bridgehead atoms. The number of carbonyl (C=O) groups is 2. The number of carbonyl (C=O) groups excluding carboxylic acids is 1. The van der Waals surface area contributed by atoms with Gasteiger partial charge < -0.3 is 15.2 Å². The van der Waals surface area contributed by atoms with Crippen molar-refractivity contribution in [3.8, 4) is 5.75 Å². The van der Waals surface area contributed by atoms with Gasteiger partial charge in [0.05, 0.1) is 11.3 Å². The van der Waals surface area contributed by atoms with Crippen molar-refractivity contribution in [1.29, 1.82) is 0 Å². The Morgan fingerprint density at radius 2 is 1.90 bits per heavy atom. The molecule has 0 aliphatic carbocycles. The highest BCUT2D eigenvalue weighted by Gasteiger charge is 2.12. The van der Waals surface area contributed by atoms with Crippen LogP contribution in [0.2, 0.25) is 0 Å². The zero-order valence-electron chi connectivity index (χ0n) is 10.9. The molecule has 2 rings (SSSR count). The van der Waals surface area contributed by atoms with E-state index in [1.807, 2.05) is 0 Å². The van der Waals surface area contributed by atoms with Crippen molar-refractivity contribution in [3.63, 3.8) is 0 Å². The summed E-state index contributed by atoms with van der Waals surface area (Å²) < 4.78 is 18.1. The molecule has 0 spiro atoms. The van der Waals surface area contributed by atoms with Crippen molar-refractivity contribution in [3.05, 3.63) is 59.9 Å². The molecule has 2 aromatic rings. The predicted molar refractivity (Wildman–Crippen MR) is 73.9 cm³/mol. The van der Waals surface area contributed by atoms with Crippen molar-refractivity contribution in [1.82, 2.24) is 0 Å². The van der Waals surface area contributed by atoms with E-state index in [-0.39, 0.29) is 23.6 Å². The van der Waals surface area contributed by atoms with E-state index in [4.69, 9.17) is 9.84 Å². The molecule has 0 aromatic heterocycles. The van der Waals surface area contributed by atoms with Crippen molar-refractivity contribution in [2.45, 2.75) is 0 Å². The molecule has 0 fully saturated rings. The van der Waals surface area contributed by atoms with E-state index in [9.17, 15) is 14.0 Å². The van der Waals surface area contributed by atoms with Gasteiger partial charge in [-0.2, -0.15) is 0 Å². The molecular formula is C15H12FNO4. The number of ether oxygens (including phenoxy) is 1. The highest BCUT2D eigenvalue weighted by molar-refractivity contribution is 6.00. The molecule has 0 unspecified atom stereocenters. The van der Waals surface area contributed by atoms with Crippen LogP contribution in [-0.4, -0.2) is 23.6 Å². The second-order valence-electron chi connectivity index (χ2n) is 4.14. The van der Waals surface area contributed by atoms with E-state index in [2.05, 4.69) is 5.32 Å². The Bertz CT molecular complexity index is 672. The Kier molecular flexibility index (Phi) is 4.50. The number of halogens is 1. The number of carboxylic acid groups (broad SMARTS) is 1. The molecule has 0 heterocycles. The maximum absolute atomic E-state index is 12.9. The van der Waals surface area contributed by atoms with Crippen LogP contribution in [0.3, 0.4) is 0 Å². The van der Waals surface area contributed by atoms with Gasteiger partial charge in [-0.1, -0.05) is 18.2 Å². The number of rotatable bonds is 5. The quantitative estimate of drug-likeness (QED) is 0.887. The largest absolute Gasteiger partial charge is 0.484 e. The molecule has 108 valence electrons. The Morgan fingerprint density at radius 1 is 1.14 bits per heavy atom. The van der Waals surface area contributed by atoms with Crippen molar-refractivity contribution >= 4 is 17.6 Å². The predicted octanol–water partition coefficient (Wildman–Crippen LogP) is 2.54. The Balaban J connectivity index is 1.98. The number of nitrogens with one attached hydrogen (secondary N) is 1. The lowest BCUT2D eigenvalue weighted by Gasteiger charge is -2.09. The summed E-state index contributed by atoms with van der Waals surface area (Å²) in [5, 5.41) is 11.4. The van der Waals surface area contributed by atoms with Crippen LogP contribution < -0.4 is 10.1 Å². The summed E-state index contributed by atoms with van der Waals surface area (Å²) >= 11 is 0. The third-order valence-corrected chi connectivity index (χ3v) is 2.60. The molecule has 2 N–H and O–H groups in total. The highest BCUT2D eigenvalue weighted by Crippen LogP contribution is 2.15. The molecule has 0 aliphatic rings. The van der Waals surface area contributed by atoms with Gasteiger partial charge in [0.15, 0.2) is 6.61 Å². The fourth-order valence-electron chi connectivity index (χ4n) is 1.67. The minimum absolute atomic E-state index is 0.0170. The maximum atomic E-state index is 12.9. The number of benzene rings is 2. The topological polar surface area (TPSA) is 75.6 Å². The van der Waals surface area contributed by atoms with Crippen molar-refractivity contribution in [2.75, 3.05) is 11.9 Å². The SMILES string of the molecule is O=C(COc1cccc(F)c1)Nc1ccccc1C(=O)O. The summed E-state index contributed by atoms with van der Waals surface area (Å²) in [4.78, 5) is 22.7. The summed E-state index contributed by atoms with van der Waals surface area (Å²) in [5.74, 6) is -1.93. The maximum Gasteiger partial charge on any atom is 0.337 e. The van der Waals surface area contributed by atoms with Gasteiger partial charge in [0.25, 0.3) is 5.91 Å². The van der Waals surface area contributed by atoms with Gasteiger partial charge in [-0.15, -0.1) is 0 Å². The Morgan fingerprint density at radius 3 is 2.62 bits per heavy atom. The Labute approximate surface area is 120 Å². The summed E-state index contributed by atoms with van der Waals surface area (Å²) in [5.41, 5.74) is 0.162. The molecule has 1 amide bonds. The van der Waals surface area contributed by atoms with Crippen molar-refractivity contribution in [2.24, 2.45) is 0 Å². The summed E-state index contributed by atoms with van der Waals surface area (Å²) in [7, 11) is 0. The third kappa shape index (κ3) is 4.04. The molecular weight excluding hydrogens is 277 g/mol. The van der Waals surface area contributed by atoms with E-state index in [1.54, 1.807) is 12.1 Å². The number of anilines is 1. The first-order valence-corrected chi connectivity index (χ1v) is 6.07. The highest BCUT2D eigenvalue weighted by atomic mass is 19.1. The minimum atomic E-state index is -1.14. The monoisotopic (exact) mass is 289 g/mol. The van der Waals surface area contributed by atoms with Crippen molar-refractivity contribution < 1.29 is 23.8 Å². The first kappa shape index (κ1) is 14.5. The van der Waals surface area contributed by atoms with E-state index in [0.717, 1.165) is 6.07 Å². The number of hydrogen-bond acceptors (Lipinski definition) is 3. The standard InChI is InChI=1S/C15H12FNO4/c16-10-4-3-5-11(8-10)21-9-14(18)17-13-7-2-1-6-12(13)15(19)20/h1-8H,9H2,(H,17,18)(H,19,20). The lowest BCUT2D eigenvalue weighted by molar-refractivity contribution is -0.118. The lowest BCUT2D eigenvalue weighted by atomic mass is 10.2. The van der Waals surface area contributed by atoms with E-state index in [1.165, 1.54) is 30.3 Å². The molecule has 0 radical (unpaired) electrons. The van der Waals surface area contributed by atoms with E-state index < -0.39 is 17.7 Å². The molecule has 21 heavy (non-hydrogen) atoms. The van der Waals surface area contributed by atoms with Gasteiger partial charge in [0.1, 0.15) is 11.6 Å². The van der Waals surface area contributed by atoms with Gasteiger partial charge in [-0.3, -0.25) is 4.79 Å². The fraction of sp³-hybridized carbons (Fsp3) is 0.0667. The van der Waals surface area contributed by atoms with Gasteiger partial charge in [0, 0.05) is 6.07 Å². The zero-order chi connectivity index (χ0) is 15.2. The summed E-state index contributed by atoms with van der Waals surface area (Å²) in [6.07, 6.45) is 0. The van der Waals surface area contributed by atoms with Crippen LogP contribution in [0.15, 0.2) is 48.5 Å². The second-order valence-corrected chi connectivity index (χ2v) is 4.14. The second kappa shape index (κ2) is 6.51. The first-order chi connectivity index (χ1) is 10.1. The minimum Gasteiger partial charge on any atom is -0.484 e. The molecule has 0 saturated heterocycles. The fourth-order valence-corrected chi connectivity index (χ4v) is 1.67. The van der Waals surface area contributed by atoms with E-state index in [0.29, 0.717) is 0 Å². The first-order valence-electron chi connectivity index (χ1n) is 6.07. The van der Waals surface area contributed by atoms with Crippen LogP contribution in [0.4, 0.5) is 10.1 Å². The van der Waals surface area contributed by atoms with Crippen LogP contribution in [-0.2, 0) is 4.79 Å². The van der Waals surface area contributed by atoms with Gasteiger partial charge in [-0.25, -0.2) is 9.18 Å². The van der Waals surface area contributed by atoms with Crippen LogP contribution in [0.1, 0.15) is 10.4 Å². The smallest absolute Gasteiger partial charge is 0.337 e. The lowest BCUT2D eigenvalue weighted by Crippen LogP contribution is -2.21. The number of hydrogen-bond donors (Lipinski definition) is 2. The molecule has 0 aliphatic heterocycles. The van der Waals surface area contributed by atoms with Crippen LogP contribution in [0, 0.1) is 5.82 Å². The van der Waals surface area contributed by atoms with E-state index >= 15 is 0 Å². The average molecular weight is 289 g/mol. The summed E-state index contributed by atoms with van der Waals surface area (Å²) in [6.45, 7) is -0.350. The van der Waals surface area contributed by atoms with Gasteiger partial charge in [-0.05, 0) is 24.3 Å². The number of amides is 1. The number of aromatic carboxylic acids is 1. The third-order valence-electron chi connectivity index (χ3n) is 2.60. The molecule has 5 nitrogen and oxygen atoms in total. The van der Waals surface area contributed by atoms with Gasteiger partial charge >= 0.3 is 5.97 Å². The molecule has 0 atom stereocenters. The van der Waals surface area contributed by atoms with Crippen LogP contribution >= 0.6 is 0 Å². The zero-order valence-corrected chi connectivity index (χ0v) is 10.9. The molecule has 2 aromatic carbocycles. The molecule has 0 saturated carbocycles. The van der Waals surface area contributed by atoms with Crippen LogP contribution in [0.25, 0.3) is 0 Å².